The number of para-hydroxylation sites is 1. The summed E-state index contributed by atoms with van der Waals surface area (Å²) in [5, 5.41) is 14.5. The average Bonchev–Trinajstić information content (AvgIpc) is 3.36. The van der Waals surface area contributed by atoms with Gasteiger partial charge in [-0.15, -0.1) is 5.10 Å². The molecule has 0 aliphatic carbocycles. The molecule has 8 heteroatoms. The van der Waals surface area contributed by atoms with Crippen molar-refractivity contribution in [3.63, 3.8) is 0 Å². The van der Waals surface area contributed by atoms with Gasteiger partial charge in [-0.3, -0.25) is 4.68 Å². The number of anilines is 1. The Bertz CT molecular complexity index is 1390. The predicted octanol–water partition coefficient (Wildman–Crippen LogP) is 4.64. The maximum Gasteiger partial charge on any atom is 0.226 e. The van der Waals surface area contributed by atoms with Gasteiger partial charge in [-0.2, -0.15) is 9.61 Å². The fraction of sp³-hybridized carbons (Fsp3) is 0.250. The van der Waals surface area contributed by atoms with Crippen molar-refractivity contribution in [2.24, 2.45) is 0 Å². The summed E-state index contributed by atoms with van der Waals surface area (Å²) in [5.41, 5.74) is 5.08. The molecule has 1 N–H and O–H groups in total. The highest BCUT2D eigenvalue weighted by Gasteiger charge is 2.14. The molecule has 3 aromatic heterocycles. The van der Waals surface area contributed by atoms with Gasteiger partial charge < -0.3 is 5.32 Å². The van der Waals surface area contributed by atoms with Crippen molar-refractivity contribution in [3.05, 3.63) is 82.4 Å². The zero-order valence-electron chi connectivity index (χ0n) is 18.1. The molecule has 5 rings (SSSR count). The molecule has 0 saturated heterocycles. The zero-order valence-corrected chi connectivity index (χ0v) is 18.8. The van der Waals surface area contributed by atoms with Gasteiger partial charge in [-0.25, -0.2) is 9.97 Å². The lowest BCUT2D eigenvalue weighted by Crippen LogP contribution is -2.11. The van der Waals surface area contributed by atoms with E-state index < -0.39 is 0 Å². The van der Waals surface area contributed by atoms with Crippen LogP contribution in [0.25, 0.3) is 16.6 Å². The quantitative estimate of drug-likeness (QED) is 0.395. The van der Waals surface area contributed by atoms with Crippen LogP contribution in [0.1, 0.15) is 22.8 Å². The molecule has 0 atom stereocenters. The number of aromatic nitrogens is 6. The molecule has 162 valence electrons. The van der Waals surface area contributed by atoms with Gasteiger partial charge in [0.25, 0.3) is 0 Å². The minimum atomic E-state index is 0.692. The predicted molar refractivity (Wildman–Crippen MR) is 127 cm³/mol. The Kier molecular flexibility index (Phi) is 5.49. The first kappa shape index (κ1) is 20.5. The van der Waals surface area contributed by atoms with E-state index in [9.17, 15) is 0 Å². The molecule has 0 aliphatic rings. The Balaban J connectivity index is 1.42. The van der Waals surface area contributed by atoms with E-state index in [1.54, 1.807) is 0 Å². The van der Waals surface area contributed by atoms with E-state index in [-0.39, 0.29) is 0 Å². The van der Waals surface area contributed by atoms with Crippen molar-refractivity contribution in [2.45, 2.75) is 33.2 Å². The molecule has 0 bridgehead atoms. The van der Waals surface area contributed by atoms with Gasteiger partial charge in [-0.05, 0) is 56.2 Å². The van der Waals surface area contributed by atoms with E-state index in [1.807, 2.05) is 64.7 Å². The van der Waals surface area contributed by atoms with Crippen LogP contribution in [0, 0.1) is 13.8 Å². The number of hydrogen-bond donors (Lipinski definition) is 1. The number of hydrogen-bond acceptors (Lipinski definition) is 5. The van der Waals surface area contributed by atoms with Crippen LogP contribution in [0.15, 0.2) is 54.6 Å². The molecule has 0 amide bonds. The number of benzene rings is 2. The molecule has 7 nitrogen and oxygen atoms in total. The summed E-state index contributed by atoms with van der Waals surface area (Å²) in [6.07, 6.45) is 1.55. The Morgan fingerprint density at radius 2 is 1.75 bits per heavy atom. The molecular formula is C24H24ClN7. The summed E-state index contributed by atoms with van der Waals surface area (Å²) >= 11 is 5.99. The Morgan fingerprint density at radius 3 is 2.53 bits per heavy atom. The van der Waals surface area contributed by atoms with Crippen LogP contribution >= 0.6 is 11.6 Å². The van der Waals surface area contributed by atoms with Crippen LogP contribution in [0.4, 0.5) is 5.95 Å². The van der Waals surface area contributed by atoms with Crippen molar-refractivity contribution in [3.8, 4) is 0 Å². The monoisotopic (exact) mass is 445 g/mol. The lowest BCUT2D eigenvalue weighted by molar-refractivity contribution is 0.581. The van der Waals surface area contributed by atoms with Gasteiger partial charge in [0.2, 0.25) is 5.95 Å². The molecule has 0 fully saturated rings. The third-order valence-electron chi connectivity index (χ3n) is 5.48. The summed E-state index contributed by atoms with van der Waals surface area (Å²) in [6, 6.07) is 18.0. The second-order valence-electron chi connectivity index (χ2n) is 7.92. The molecule has 0 saturated carbocycles. The number of nitrogens with one attached hydrogen (secondary N) is 1. The van der Waals surface area contributed by atoms with Gasteiger partial charge in [0.1, 0.15) is 0 Å². The van der Waals surface area contributed by atoms with Gasteiger partial charge in [-0.1, -0.05) is 35.9 Å². The lowest BCUT2D eigenvalue weighted by Gasteiger charge is -2.09. The summed E-state index contributed by atoms with van der Waals surface area (Å²) in [7, 11) is 0. The Labute approximate surface area is 191 Å². The van der Waals surface area contributed by atoms with Gasteiger partial charge in [0, 0.05) is 35.6 Å². The normalized spacial score (nSPS) is 11.5. The van der Waals surface area contributed by atoms with Crippen molar-refractivity contribution in [1.29, 1.82) is 0 Å². The van der Waals surface area contributed by atoms with Crippen LogP contribution in [-0.2, 0) is 19.4 Å². The molecule has 0 radical (unpaired) electrons. The largest absolute Gasteiger partial charge is 0.354 e. The summed E-state index contributed by atoms with van der Waals surface area (Å²) in [6.45, 7) is 5.54. The van der Waals surface area contributed by atoms with Crippen LogP contribution in [0.5, 0.6) is 0 Å². The summed E-state index contributed by atoms with van der Waals surface area (Å²) < 4.78 is 3.82. The number of halogens is 1. The number of aryl methyl sites for hydroxylation is 4. The highest BCUT2D eigenvalue weighted by atomic mass is 35.5. The topological polar surface area (TPSA) is 72.9 Å². The number of nitrogens with zero attached hydrogens (tertiary/aromatic N) is 6. The minimum absolute atomic E-state index is 0.692. The number of fused-ring (bicyclic) bond motifs is 3. The van der Waals surface area contributed by atoms with Crippen LogP contribution in [0.3, 0.4) is 0 Å². The van der Waals surface area contributed by atoms with Crippen LogP contribution in [-0.4, -0.2) is 35.9 Å². The van der Waals surface area contributed by atoms with Crippen molar-refractivity contribution in [2.75, 3.05) is 11.9 Å². The van der Waals surface area contributed by atoms with Gasteiger partial charge in [0.05, 0.1) is 11.2 Å². The summed E-state index contributed by atoms with van der Waals surface area (Å²) in [4.78, 5) is 9.65. The molecule has 0 unspecified atom stereocenters. The van der Waals surface area contributed by atoms with E-state index in [0.29, 0.717) is 12.4 Å². The van der Waals surface area contributed by atoms with Crippen molar-refractivity contribution < 1.29 is 0 Å². The average molecular weight is 446 g/mol. The van der Waals surface area contributed by atoms with Crippen molar-refractivity contribution >= 4 is 34.1 Å². The Morgan fingerprint density at radius 1 is 0.938 bits per heavy atom. The first-order chi connectivity index (χ1) is 15.6. The molecule has 3 heterocycles. The second kappa shape index (κ2) is 8.59. The molecular weight excluding hydrogens is 422 g/mol. The minimum Gasteiger partial charge on any atom is -0.354 e. The molecule has 0 spiro atoms. The van der Waals surface area contributed by atoms with Gasteiger partial charge >= 0.3 is 0 Å². The molecule has 0 aliphatic heterocycles. The summed E-state index contributed by atoms with van der Waals surface area (Å²) in [5.74, 6) is 1.47. The zero-order chi connectivity index (χ0) is 22.1. The van der Waals surface area contributed by atoms with E-state index in [0.717, 1.165) is 58.3 Å². The van der Waals surface area contributed by atoms with Crippen LogP contribution in [0.2, 0.25) is 5.02 Å². The molecule has 32 heavy (non-hydrogen) atoms. The van der Waals surface area contributed by atoms with E-state index >= 15 is 0 Å². The highest BCUT2D eigenvalue weighted by molar-refractivity contribution is 6.30. The molecule has 2 aromatic carbocycles. The molecule has 5 aromatic rings. The fourth-order valence-corrected chi connectivity index (χ4v) is 4.02. The Hall–Kier alpha value is -3.45. The van der Waals surface area contributed by atoms with Crippen molar-refractivity contribution in [1.82, 2.24) is 29.4 Å². The third kappa shape index (κ3) is 4.16. The third-order valence-corrected chi connectivity index (χ3v) is 5.74. The van der Waals surface area contributed by atoms with Gasteiger partial charge in [0.15, 0.2) is 11.5 Å². The van der Waals surface area contributed by atoms with E-state index in [1.165, 1.54) is 5.56 Å². The first-order valence-corrected chi connectivity index (χ1v) is 11.1. The fourth-order valence-electron chi connectivity index (χ4n) is 3.90. The van der Waals surface area contributed by atoms with E-state index in [4.69, 9.17) is 26.7 Å². The van der Waals surface area contributed by atoms with E-state index in [2.05, 4.69) is 23.4 Å². The van der Waals surface area contributed by atoms with Crippen LogP contribution < -0.4 is 5.32 Å². The smallest absolute Gasteiger partial charge is 0.226 e. The SMILES string of the molecule is Cc1cc(C)n(CCc2nc3c4ccccc4nc(NCCc4ccc(Cl)cc4)n3n2)n1. The first-order valence-electron chi connectivity index (χ1n) is 10.7. The maximum atomic E-state index is 5.99. The lowest BCUT2D eigenvalue weighted by atomic mass is 10.1. The maximum absolute atomic E-state index is 5.99. The second-order valence-corrected chi connectivity index (χ2v) is 8.36. The highest BCUT2D eigenvalue weighted by Crippen LogP contribution is 2.21. The standard InChI is InChI=1S/C24H24ClN7/c1-16-15-17(2)31(29-16)14-12-22-28-23-20-5-3-4-6-21(20)27-24(32(23)30-22)26-13-11-18-7-9-19(25)10-8-18/h3-10,15H,11-14H2,1-2H3,(H,26,27). The number of rotatable bonds is 7.